The van der Waals surface area contributed by atoms with Gasteiger partial charge in [0.15, 0.2) is 0 Å². The first-order valence-electron chi connectivity index (χ1n) is 8.76. The van der Waals surface area contributed by atoms with Crippen LogP contribution in [0.1, 0.15) is 48.0 Å². The van der Waals surface area contributed by atoms with E-state index >= 15 is 0 Å². The summed E-state index contributed by atoms with van der Waals surface area (Å²) in [4.78, 5) is 29.1. The normalized spacial score (nSPS) is 22.7. The summed E-state index contributed by atoms with van der Waals surface area (Å²) >= 11 is 0. The third-order valence-electron chi connectivity index (χ3n) is 5.37. The van der Waals surface area contributed by atoms with Crippen molar-refractivity contribution in [2.75, 3.05) is 20.2 Å². The number of nitrogens with one attached hydrogen (secondary N) is 2. The van der Waals surface area contributed by atoms with Crippen LogP contribution in [0.25, 0.3) is 0 Å². The number of carbonyl (C=O) groups excluding carboxylic acids is 1. The molecule has 132 valence electrons. The summed E-state index contributed by atoms with van der Waals surface area (Å²) in [7, 11) is 1.65. The lowest BCUT2D eigenvalue weighted by molar-refractivity contribution is -0.134. The standard InChI is InChI=1S/C18H22N4O3/c1-25-13-6-4-11-5-7-14(15(11)9-13)17(23)22-8-2-3-12(10-22)16-19-18(24)21-20-16/h4,6,9,12,14H,2-3,5,7-8,10H2,1H3,(H2,19,20,21,24). The number of nitrogens with zero attached hydrogens (tertiary/aromatic N) is 2. The van der Waals surface area contributed by atoms with Crippen molar-refractivity contribution in [3.8, 4) is 5.75 Å². The highest BCUT2D eigenvalue weighted by atomic mass is 16.5. The molecule has 0 spiro atoms. The van der Waals surface area contributed by atoms with Crippen molar-refractivity contribution >= 4 is 5.91 Å². The third-order valence-corrected chi connectivity index (χ3v) is 5.37. The number of benzene rings is 1. The molecule has 0 radical (unpaired) electrons. The maximum Gasteiger partial charge on any atom is 0.340 e. The van der Waals surface area contributed by atoms with Gasteiger partial charge in [-0.3, -0.25) is 9.78 Å². The first-order chi connectivity index (χ1) is 12.2. The highest BCUT2D eigenvalue weighted by molar-refractivity contribution is 5.85. The fraction of sp³-hybridized carbons (Fsp3) is 0.500. The Labute approximate surface area is 145 Å². The molecule has 7 heteroatoms. The molecular formula is C18H22N4O3. The van der Waals surface area contributed by atoms with Gasteiger partial charge in [-0.1, -0.05) is 6.07 Å². The second-order valence-corrected chi connectivity index (χ2v) is 6.84. The number of aryl methyl sites for hydroxylation is 1. The zero-order valence-corrected chi connectivity index (χ0v) is 14.2. The minimum atomic E-state index is -0.296. The summed E-state index contributed by atoms with van der Waals surface area (Å²) in [5, 5.41) is 6.45. The van der Waals surface area contributed by atoms with Crippen molar-refractivity contribution in [1.29, 1.82) is 0 Å². The molecule has 1 aliphatic carbocycles. The van der Waals surface area contributed by atoms with Crippen LogP contribution >= 0.6 is 0 Å². The molecule has 2 aromatic rings. The van der Waals surface area contributed by atoms with Gasteiger partial charge in [0.25, 0.3) is 0 Å². The number of rotatable bonds is 3. The Morgan fingerprint density at radius 2 is 2.24 bits per heavy atom. The van der Waals surface area contributed by atoms with Crippen LogP contribution in [0.15, 0.2) is 23.0 Å². The van der Waals surface area contributed by atoms with E-state index in [0.29, 0.717) is 12.4 Å². The first kappa shape index (κ1) is 15.9. The van der Waals surface area contributed by atoms with Crippen molar-refractivity contribution in [3.63, 3.8) is 0 Å². The quantitative estimate of drug-likeness (QED) is 0.885. The Bertz CT molecular complexity index is 841. The topological polar surface area (TPSA) is 91.1 Å². The Hall–Kier alpha value is -2.57. The Balaban J connectivity index is 1.53. The third kappa shape index (κ3) is 2.94. The van der Waals surface area contributed by atoms with E-state index in [1.54, 1.807) is 7.11 Å². The van der Waals surface area contributed by atoms with Gasteiger partial charge in [-0.15, -0.1) is 0 Å². The predicted octanol–water partition coefficient (Wildman–Crippen LogP) is 1.54. The Kier molecular flexibility index (Phi) is 4.07. The molecule has 2 aliphatic rings. The smallest absolute Gasteiger partial charge is 0.340 e. The maximum atomic E-state index is 13.1. The van der Waals surface area contributed by atoms with E-state index in [1.165, 1.54) is 5.56 Å². The highest BCUT2D eigenvalue weighted by Crippen LogP contribution is 2.37. The van der Waals surface area contributed by atoms with Gasteiger partial charge in [-0.25, -0.2) is 9.89 Å². The van der Waals surface area contributed by atoms with E-state index in [2.05, 4.69) is 21.2 Å². The lowest BCUT2D eigenvalue weighted by Crippen LogP contribution is -2.41. The zero-order chi connectivity index (χ0) is 17.4. The summed E-state index contributed by atoms with van der Waals surface area (Å²) < 4.78 is 5.32. The summed E-state index contributed by atoms with van der Waals surface area (Å²) in [5.74, 6) is 1.61. The molecule has 25 heavy (non-hydrogen) atoms. The lowest BCUT2D eigenvalue weighted by atomic mass is 9.94. The second-order valence-electron chi connectivity index (χ2n) is 6.84. The number of amides is 1. The van der Waals surface area contributed by atoms with E-state index in [4.69, 9.17) is 4.74 Å². The average Bonchev–Trinajstić information content (AvgIpc) is 3.27. The number of likely N-dealkylation sites (tertiary alicyclic amines) is 1. The van der Waals surface area contributed by atoms with Gasteiger partial charge in [0.1, 0.15) is 11.6 Å². The summed E-state index contributed by atoms with van der Waals surface area (Å²) in [6, 6.07) is 6.02. The molecule has 2 atom stereocenters. The molecule has 1 amide bonds. The number of hydrogen-bond acceptors (Lipinski definition) is 4. The zero-order valence-electron chi connectivity index (χ0n) is 14.2. The van der Waals surface area contributed by atoms with Crippen LogP contribution in [0.5, 0.6) is 5.75 Å². The number of piperidine rings is 1. The van der Waals surface area contributed by atoms with Crippen molar-refractivity contribution in [2.45, 2.75) is 37.5 Å². The molecule has 2 unspecified atom stereocenters. The fourth-order valence-corrected chi connectivity index (χ4v) is 4.06. The second kappa shape index (κ2) is 6.38. The van der Waals surface area contributed by atoms with Crippen molar-refractivity contribution < 1.29 is 9.53 Å². The Morgan fingerprint density at radius 1 is 1.36 bits per heavy atom. The molecule has 0 saturated carbocycles. The van der Waals surface area contributed by atoms with Gasteiger partial charge in [0, 0.05) is 19.0 Å². The van der Waals surface area contributed by atoms with Gasteiger partial charge in [-0.2, -0.15) is 5.10 Å². The minimum absolute atomic E-state index is 0.0860. The molecule has 2 heterocycles. The highest BCUT2D eigenvalue weighted by Gasteiger charge is 2.35. The van der Waals surface area contributed by atoms with E-state index in [9.17, 15) is 9.59 Å². The number of aromatic amines is 2. The molecule has 2 N–H and O–H groups in total. The number of H-pyrrole nitrogens is 2. The average molecular weight is 342 g/mol. The molecule has 7 nitrogen and oxygen atoms in total. The molecule has 4 rings (SSSR count). The van der Waals surface area contributed by atoms with Crippen molar-refractivity contribution in [1.82, 2.24) is 20.1 Å². The van der Waals surface area contributed by atoms with Crippen LogP contribution in [0.3, 0.4) is 0 Å². The van der Waals surface area contributed by atoms with Crippen LogP contribution in [0, 0.1) is 0 Å². The van der Waals surface area contributed by atoms with E-state index in [0.717, 1.165) is 43.5 Å². The molecule has 0 bridgehead atoms. The van der Waals surface area contributed by atoms with Crippen molar-refractivity contribution in [3.05, 3.63) is 45.6 Å². The first-order valence-corrected chi connectivity index (χ1v) is 8.76. The summed E-state index contributed by atoms with van der Waals surface area (Å²) in [5.41, 5.74) is 2.04. The number of carbonyl (C=O) groups is 1. The molecule has 1 aliphatic heterocycles. The molecule has 1 saturated heterocycles. The lowest BCUT2D eigenvalue weighted by Gasteiger charge is -2.33. The summed E-state index contributed by atoms with van der Waals surface area (Å²) in [6.07, 6.45) is 3.63. The molecular weight excluding hydrogens is 320 g/mol. The van der Waals surface area contributed by atoms with Gasteiger partial charge in [-0.05, 0) is 48.9 Å². The SMILES string of the molecule is COc1ccc2c(c1)C(C(=O)N1CCCC(c3n[nH]c(=O)[nH]3)C1)CC2. The maximum absolute atomic E-state index is 13.1. The van der Waals surface area contributed by atoms with E-state index in [-0.39, 0.29) is 23.4 Å². The van der Waals surface area contributed by atoms with Gasteiger partial charge in [0.05, 0.1) is 13.0 Å². The van der Waals surface area contributed by atoms with Crippen LogP contribution in [0.4, 0.5) is 0 Å². The largest absolute Gasteiger partial charge is 0.497 e. The van der Waals surface area contributed by atoms with Crippen LogP contribution in [-0.4, -0.2) is 46.2 Å². The number of methoxy groups -OCH3 is 1. The van der Waals surface area contributed by atoms with Gasteiger partial charge < -0.3 is 9.64 Å². The number of ether oxygens (including phenoxy) is 1. The number of aromatic nitrogens is 3. The summed E-state index contributed by atoms with van der Waals surface area (Å²) in [6.45, 7) is 1.37. The fourth-order valence-electron chi connectivity index (χ4n) is 4.06. The van der Waals surface area contributed by atoms with Gasteiger partial charge in [0.2, 0.25) is 5.91 Å². The van der Waals surface area contributed by atoms with E-state index in [1.807, 2.05) is 17.0 Å². The van der Waals surface area contributed by atoms with Crippen LogP contribution in [-0.2, 0) is 11.2 Å². The minimum Gasteiger partial charge on any atom is -0.497 e. The molecule has 1 aromatic carbocycles. The van der Waals surface area contributed by atoms with Crippen molar-refractivity contribution in [2.24, 2.45) is 0 Å². The molecule has 1 aromatic heterocycles. The number of fused-ring (bicyclic) bond motifs is 1. The monoisotopic (exact) mass is 342 g/mol. The van der Waals surface area contributed by atoms with Crippen LogP contribution in [0.2, 0.25) is 0 Å². The van der Waals surface area contributed by atoms with Gasteiger partial charge >= 0.3 is 5.69 Å². The van der Waals surface area contributed by atoms with E-state index < -0.39 is 0 Å². The predicted molar refractivity (Wildman–Crippen MR) is 91.8 cm³/mol. The van der Waals surface area contributed by atoms with Crippen LogP contribution < -0.4 is 10.4 Å². The molecule has 1 fully saturated rings. The number of hydrogen-bond donors (Lipinski definition) is 2. The Morgan fingerprint density at radius 3 is 3.00 bits per heavy atom.